The van der Waals surface area contributed by atoms with Crippen LogP contribution >= 0.6 is 15.9 Å². The molecule has 3 aliphatic rings. The molecule has 0 radical (unpaired) electrons. The molecule has 1 aliphatic heterocycles. The quantitative estimate of drug-likeness (QED) is 0.0612. The first-order valence-corrected chi connectivity index (χ1v) is 25.4. The molecule has 0 bridgehead atoms. The molecule has 3 fully saturated rings. The lowest BCUT2D eigenvalue weighted by Crippen LogP contribution is -2.43. The van der Waals surface area contributed by atoms with Crippen LogP contribution < -0.4 is 26.7 Å². The number of benzene rings is 4. The molecule has 0 aromatic heterocycles. The number of nitrogens with two attached hydrogens (primary N) is 2. The largest absolute Gasteiger partial charge is 0.495 e. The fraction of sp³-hybridized carbons (Fsp3) is 0.519. The van der Waals surface area contributed by atoms with Gasteiger partial charge in [0, 0.05) is 68.0 Å². The van der Waals surface area contributed by atoms with E-state index in [0.29, 0.717) is 58.8 Å². The molecule has 2 aliphatic carbocycles. The highest BCUT2D eigenvalue weighted by Crippen LogP contribution is 2.42. The van der Waals surface area contributed by atoms with E-state index in [2.05, 4.69) is 29.8 Å². The molecular formula is C54H68BBrF8N4O6. The Hall–Kier alpha value is -5.08. The van der Waals surface area contributed by atoms with Gasteiger partial charge in [-0.05, 0) is 141 Å². The number of hydrogen-bond donors (Lipinski definition) is 2. The van der Waals surface area contributed by atoms with Crippen molar-refractivity contribution in [2.45, 2.75) is 142 Å². The number of esters is 2. The lowest BCUT2D eigenvalue weighted by Gasteiger charge is -2.40. The van der Waals surface area contributed by atoms with Crippen LogP contribution in [0.15, 0.2) is 65.1 Å². The summed E-state index contributed by atoms with van der Waals surface area (Å²) in [6.45, 7) is 16.8. The van der Waals surface area contributed by atoms with Crippen LogP contribution in [0.5, 0.6) is 0 Å². The second-order valence-electron chi connectivity index (χ2n) is 21.0. The average Bonchev–Trinajstić information content (AvgIpc) is 3.54. The van der Waals surface area contributed by atoms with Gasteiger partial charge in [0.25, 0.3) is 0 Å². The standard InChI is InChI=1S/C24H28F4N2O2.C16H22BrF3N2.C14H18BFO4/c1-14(2)13-30(16-6-8-24(27,28)9-7-16)22-12-20(26)19(11-21(22)29)18-10-15(25)4-5-17(18)23(31)32-3;1-10(2)9-22(11-3-5-16(19,20)6-4-11)15-8-13(18)12(17)7-14(15)21;1-13(2)14(3,4)20-15(19-13)11-8-9(16)6-7-10(11)12(17)18-5/h4-5,10-12,14,16H,6-9,13,29H2,1-3H3;7-8,10-11H,3-6,9,21H2,1-2H3;6-8H,1-5H3. The smallest absolute Gasteiger partial charge is 0.465 e. The van der Waals surface area contributed by atoms with Crippen LogP contribution in [0.4, 0.5) is 57.9 Å². The fourth-order valence-corrected chi connectivity index (χ4v) is 9.57. The van der Waals surface area contributed by atoms with E-state index < -0.39 is 59.6 Å². The van der Waals surface area contributed by atoms with Crippen LogP contribution in [0.25, 0.3) is 11.1 Å². The Morgan fingerprint density at radius 2 is 1.04 bits per heavy atom. The summed E-state index contributed by atoms with van der Waals surface area (Å²) in [4.78, 5) is 27.8. The zero-order valence-electron chi connectivity index (χ0n) is 43.6. The normalized spacial score (nSPS) is 18.0. The van der Waals surface area contributed by atoms with Crippen molar-refractivity contribution < 1.29 is 63.5 Å². The lowest BCUT2D eigenvalue weighted by molar-refractivity contribution is -0.0387. The van der Waals surface area contributed by atoms with Crippen molar-refractivity contribution in [2.75, 3.05) is 48.6 Å². The first kappa shape index (κ1) is 59.8. The van der Waals surface area contributed by atoms with Gasteiger partial charge in [-0.15, -0.1) is 0 Å². The third-order valence-electron chi connectivity index (χ3n) is 13.8. The summed E-state index contributed by atoms with van der Waals surface area (Å²) >= 11 is 3.12. The monoisotopic (exact) mass is 1110 g/mol. The van der Waals surface area contributed by atoms with Gasteiger partial charge in [-0.3, -0.25) is 0 Å². The third-order valence-corrected chi connectivity index (χ3v) is 14.4. The number of rotatable bonds is 12. The highest BCUT2D eigenvalue weighted by Gasteiger charge is 2.52. The average molecular weight is 1110 g/mol. The van der Waals surface area contributed by atoms with Crippen molar-refractivity contribution in [1.29, 1.82) is 0 Å². The number of carbonyl (C=O) groups excluding carboxylic acids is 2. The number of nitrogens with zero attached hydrogens (tertiary/aromatic N) is 2. The second-order valence-corrected chi connectivity index (χ2v) is 21.8. The van der Waals surface area contributed by atoms with Crippen molar-refractivity contribution in [3.63, 3.8) is 0 Å². The second kappa shape index (κ2) is 24.3. The number of halogens is 9. The topological polar surface area (TPSA) is 130 Å². The molecule has 4 aromatic carbocycles. The van der Waals surface area contributed by atoms with E-state index in [0.717, 1.165) is 12.1 Å². The van der Waals surface area contributed by atoms with E-state index in [1.54, 1.807) is 0 Å². The number of hydrogen-bond acceptors (Lipinski definition) is 10. The Labute approximate surface area is 438 Å². The SMILES string of the molecule is CC(C)CN(c1cc(F)c(Br)cc1N)C1CCC(F)(F)CC1.COC(=O)c1ccc(F)cc1-c1cc(N)c(N(CC(C)C)C2CCC(F)(F)CC2)cc1F.COC(=O)c1ccc(F)cc1B1OC(C)(C)C(C)(C)O1. The first-order chi connectivity index (χ1) is 34.4. The Balaban J connectivity index is 0.000000213. The van der Waals surface area contributed by atoms with Gasteiger partial charge in [-0.2, -0.15) is 0 Å². The maximum absolute atomic E-state index is 15.3. The lowest BCUT2D eigenvalue weighted by atomic mass is 9.76. The van der Waals surface area contributed by atoms with Crippen LogP contribution in [-0.4, -0.2) is 81.5 Å². The summed E-state index contributed by atoms with van der Waals surface area (Å²) in [6, 6.07) is 12.5. The Bertz CT molecular complexity index is 2590. The molecule has 7 rings (SSSR count). The first-order valence-electron chi connectivity index (χ1n) is 24.6. The summed E-state index contributed by atoms with van der Waals surface area (Å²) in [6.07, 6.45) is 0.666. The zero-order valence-corrected chi connectivity index (χ0v) is 45.2. The summed E-state index contributed by atoms with van der Waals surface area (Å²) in [5.74, 6) is -8.19. The molecule has 20 heteroatoms. The summed E-state index contributed by atoms with van der Waals surface area (Å²) < 4.78 is 132. The highest BCUT2D eigenvalue weighted by molar-refractivity contribution is 9.10. The van der Waals surface area contributed by atoms with Crippen LogP contribution in [0.2, 0.25) is 0 Å². The molecule has 4 aromatic rings. The summed E-state index contributed by atoms with van der Waals surface area (Å²) in [7, 11) is 1.66. The van der Waals surface area contributed by atoms with Crippen LogP contribution in [0.3, 0.4) is 0 Å². The summed E-state index contributed by atoms with van der Waals surface area (Å²) in [5.41, 5.74) is 13.5. The molecule has 0 atom stereocenters. The number of carbonyl (C=O) groups is 2. The Kier molecular flexibility index (Phi) is 19.6. The van der Waals surface area contributed by atoms with E-state index in [4.69, 9.17) is 30.2 Å². The molecule has 74 heavy (non-hydrogen) atoms. The molecule has 1 saturated heterocycles. The van der Waals surface area contributed by atoms with Gasteiger partial charge in [0.1, 0.15) is 23.3 Å². The highest BCUT2D eigenvalue weighted by atomic mass is 79.9. The van der Waals surface area contributed by atoms with Crippen LogP contribution in [0.1, 0.15) is 127 Å². The van der Waals surface area contributed by atoms with Gasteiger partial charge >= 0.3 is 19.1 Å². The van der Waals surface area contributed by atoms with E-state index in [9.17, 15) is 40.3 Å². The van der Waals surface area contributed by atoms with Crippen molar-refractivity contribution in [3.8, 4) is 11.1 Å². The van der Waals surface area contributed by atoms with Gasteiger partial charge in [0.15, 0.2) is 0 Å². The van der Waals surface area contributed by atoms with Gasteiger partial charge in [-0.25, -0.2) is 44.7 Å². The van der Waals surface area contributed by atoms with Gasteiger partial charge in [-0.1, -0.05) is 27.7 Å². The zero-order chi connectivity index (χ0) is 55.2. The molecule has 2 saturated carbocycles. The Morgan fingerprint density at radius 3 is 1.49 bits per heavy atom. The maximum Gasteiger partial charge on any atom is 0.495 e. The molecule has 4 N–H and O–H groups in total. The van der Waals surface area contributed by atoms with Crippen molar-refractivity contribution >= 4 is 63.2 Å². The van der Waals surface area contributed by atoms with Crippen LogP contribution in [-0.2, 0) is 18.8 Å². The fourth-order valence-electron chi connectivity index (χ4n) is 9.21. The Morgan fingerprint density at radius 1 is 0.635 bits per heavy atom. The van der Waals surface area contributed by atoms with E-state index in [-0.39, 0.29) is 90.3 Å². The molecule has 0 unspecified atom stereocenters. The van der Waals surface area contributed by atoms with E-state index >= 15 is 4.39 Å². The van der Waals surface area contributed by atoms with Gasteiger partial charge in [0.2, 0.25) is 11.8 Å². The van der Waals surface area contributed by atoms with E-state index in [1.165, 1.54) is 62.8 Å². The number of ether oxygens (including phenoxy) is 2. The third kappa shape index (κ3) is 14.9. The molecule has 1 heterocycles. The predicted molar refractivity (Wildman–Crippen MR) is 278 cm³/mol. The van der Waals surface area contributed by atoms with Crippen molar-refractivity contribution in [3.05, 3.63) is 99.5 Å². The minimum Gasteiger partial charge on any atom is -0.465 e. The molecule has 0 amide bonds. The van der Waals surface area contributed by atoms with E-state index in [1.807, 2.05) is 51.3 Å². The number of anilines is 4. The predicted octanol–water partition coefficient (Wildman–Crippen LogP) is 13.2. The van der Waals surface area contributed by atoms with Crippen molar-refractivity contribution in [2.24, 2.45) is 11.8 Å². The molecule has 0 spiro atoms. The van der Waals surface area contributed by atoms with Crippen LogP contribution in [0, 0.1) is 35.1 Å². The molecule has 406 valence electrons. The number of methoxy groups -OCH3 is 2. The minimum absolute atomic E-state index is 0.00787. The van der Waals surface area contributed by atoms with Gasteiger partial charge < -0.3 is 40.0 Å². The number of nitrogen functional groups attached to an aromatic ring is 2. The molecular weight excluding hydrogens is 1040 g/mol. The summed E-state index contributed by atoms with van der Waals surface area (Å²) in [5, 5.41) is 0. The number of alkyl halides is 4. The van der Waals surface area contributed by atoms with Crippen molar-refractivity contribution in [1.82, 2.24) is 0 Å². The van der Waals surface area contributed by atoms with Gasteiger partial charge in [0.05, 0.1) is 63.8 Å². The molecule has 10 nitrogen and oxygen atoms in total. The minimum atomic E-state index is -2.68. The maximum atomic E-state index is 15.3.